The highest BCUT2D eigenvalue weighted by atomic mass is 35.5. The lowest BCUT2D eigenvalue weighted by Crippen LogP contribution is -2.43. The molecule has 0 spiro atoms. The zero-order valence-corrected chi connectivity index (χ0v) is 17.7. The van der Waals surface area contributed by atoms with E-state index < -0.39 is 6.09 Å². The first-order valence-corrected chi connectivity index (χ1v) is 10.6. The minimum atomic E-state index is -0.523. The standard InChI is InChI=1S/C21H22ClN7O2/c1-29-16-7-11(22)5-6-14(16)18(28-29)15-9-24-20-19(27-15)17(10-25-20)31-21(30)26-13-4-2-3-12(23)8-13/h5-7,9-10,12-13H,2-4,8,23H2,1H3,(H,24,25)(H,26,30)/t12-,13+/m0/s1. The third-order valence-corrected chi connectivity index (χ3v) is 5.88. The predicted molar refractivity (Wildman–Crippen MR) is 118 cm³/mol. The number of amides is 1. The molecule has 160 valence electrons. The average molecular weight is 440 g/mol. The lowest BCUT2D eigenvalue weighted by Gasteiger charge is -2.26. The summed E-state index contributed by atoms with van der Waals surface area (Å²) >= 11 is 6.12. The van der Waals surface area contributed by atoms with Crippen molar-refractivity contribution in [2.45, 2.75) is 37.8 Å². The number of H-pyrrole nitrogens is 1. The van der Waals surface area contributed by atoms with E-state index in [-0.39, 0.29) is 12.1 Å². The summed E-state index contributed by atoms with van der Waals surface area (Å²) in [6.07, 6.45) is 6.34. The second kappa shape index (κ2) is 7.82. The lowest BCUT2D eigenvalue weighted by atomic mass is 9.92. The third-order valence-electron chi connectivity index (χ3n) is 5.64. The van der Waals surface area contributed by atoms with E-state index in [1.54, 1.807) is 17.1 Å². The molecule has 3 aromatic heterocycles. The van der Waals surface area contributed by atoms with Crippen LogP contribution in [0.4, 0.5) is 4.79 Å². The lowest BCUT2D eigenvalue weighted by molar-refractivity contribution is 0.191. The number of hydrogen-bond acceptors (Lipinski definition) is 6. The largest absolute Gasteiger partial charge is 0.412 e. The van der Waals surface area contributed by atoms with Gasteiger partial charge in [0.15, 0.2) is 16.9 Å². The molecule has 1 fully saturated rings. The molecule has 0 aliphatic heterocycles. The van der Waals surface area contributed by atoms with Gasteiger partial charge in [-0.2, -0.15) is 5.10 Å². The summed E-state index contributed by atoms with van der Waals surface area (Å²) in [5, 5.41) is 9.02. The molecule has 1 aliphatic rings. The number of carbonyl (C=O) groups is 1. The van der Waals surface area contributed by atoms with Crippen molar-refractivity contribution in [2.75, 3.05) is 0 Å². The topological polar surface area (TPSA) is 124 Å². The number of nitrogens with two attached hydrogens (primary N) is 1. The molecule has 5 rings (SSSR count). The molecular formula is C21H22ClN7O2. The molecule has 2 atom stereocenters. The van der Waals surface area contributed by atoms with Crippen LogP contribution in [0.25, 0.3) is 33.5 Å². The highest BCUT2D eigenvalue weighted by Crippen LogP contribution is 2.30. The van der Waals surface area contributed by atoms with Gasteiger partial charge in [0, 0.05) is 35.7 Å². The summed E-state index contributed by atoms with van der Waals surface area (Å²) in [5.74, 6) is 0.310. The van der Waals surface area contributed by atoms with Gasteiger partial charge in [0.1, 0.15) is 11.4 Å². The van der Waals surface area contributed by atoms with E-state index >= 15 is 0 Å². The van der Waals surface area contributed by atoms with Crippen LogP contribution >= 0.6 is 11.6 Å². The van der Waals surface area contributed by atoms with Crippen LogP contribution in [0.2, 0.25) is 5.02 Å². The Kier molecular flexibility index (Phi) is 4.99. The molecule has 31 heavy (non-hydrogen) atoms. The first kappa shape index (κ1) is 19.8. The van der Waals surface area contributed by atoms with Crippen molar-refractivity contribution < 1.29 is 9.53 Å². The van der Waals surface area contributed by atoms with Gasteiger partial charge in [-0.05, 0) is 43.9 Å². The molecule has 4 aromatic rings. The number of halogens is 1. The van der Waals surface area contributed by atoms with E-state index in [2.05, 4.69) is 25.4 Å². The Hall–Kier alpha value is -3.17. The van der Waals surface area contributed by atoms with Gasteiger partial charge in [0.25, 0.3) is 0 Å². The summed E-state index contributed by atoms with van der Waals surface area (Å²) < 4.78 is 7.29. The minimum absolute atomic E-state index is 0.0230. The molecule has 9 nitrogen and oxygen atoms in total. The quantitative estimate of drug-likeness (QED) is 0.448. The number of carbonyl (C=O) groups excluding carboxylic acids is 1. The Balaban J connectivity index is 1.43. The van der Waals surface area contributed by atoms with Crippen molar-refractivity contribution >= 4 is 39.8 Å². The van der Waals surface area contributed by atoms with Crippen molar-refractivity contribution in [1.82, 2.24) is 30.0 Å². The van der Waals surface area contributed by atoms with Crippen molar-refractivity contribution in [2.24, 2.45) is 12.8 Å². The maximum atomic E-state index is 12.4. The number of nitrogens with one attached hydrogen (secondary N) is 2. The van der Waals surface area contributed by atoms with Crippen LogP contribution in [0, 0.1) is 0 Å². The van der Waals surface area contributed by atoms with Crippen LogP contribution in [0.3, 0.4) is 0 Å². The molecule has 4 N–H and O–H groups in total. The summed E-state index contributed by atoms with van der Waals surface area (Å²) in [5.41, 5.74) is 9.12. The van der Waals surface area contributed by atoms with Gasteiger partial charge < -0.3 is 20.8 Å². The number of aromatic nitrogens is 5. The number of benzene rings is 1. The maximum Gasteiger partial charge on any atom is 0.412 e. The fraction of sp³-hybridized carbons (Fsp3) is 0.333. The number of aryl methyl sites for hydroxylation is 1. The van der Waals surface area contributed by atoms with Crippen molar-refractivity contribution in [1.29, 1.82) is 0 Å². The van der Waals surface area contributed by atoms with Crippen LogP contribution < -0.4 is 15.8 Å². The number of hydrogen-bond donors (Lipinski definition) is 3. The van der Waals surface area contributed by atoms with Crippen LogP contribution in [-0.4, -0.2) is 42.9 Å². The Labute approximate surface area is 182 Å². The monoisotopic (exact) mass is 439 g/mol. The molecule has 0 saturated heterocycles. The fourth-order valence-corrected chi connectivity index (χ4v) is 4.30. The molecular weight excluding hydrogens is 418 g/mol. The smallest absolute Gasteiger partial charge is 0.406 e. The van der Waals surface area contributed by atoms with Gasteiger partial charge in [-0.1, -0.05) is 11.6 Å². The summed E-state index contributed by atoms with van der Waals surface area (Å²) in [6.45, 7) is 0. The van der Waals surface area contributed by atoms with E-state index in [9.17, 15) is 4.79 Å². The third kappa shape index (κ3) is 3.82. The second-order valence-electron chi connectivity index (χ2n) is 7.90. The van der Waals surface area contributed by atoms with Crippen LogP contribution in [0.15, 0.2) is 30.6 Å². The number of rotatable bonds is 3. The van der Waals surface area contributed by atoms with E-state index in [0.717, 1.165) is 36.6 Å². The Morgan fingerprint density at radius 1 is 1.39 bits per heavy atom. The van der Waals surface area contributed by atoms with Crippen LogP contribution in [0.1, 0.15) is 25.7 Å². The van der Waals surface area contributed by atoms with Gasteiger partial charge in [0.05, 0.1) is 11.7 Å². The molecule has 1 aliphatic carbocycles. The molecule has 1 saturated carbocycles. The van der Waals surface area contributed by atoms with E-state index in [1.807, 2.05) is 25.2 Å². The van der Waals surface area contributed by atoms with Gasteiger partial charge in [0.2, 0.25) is 0 Å². The molecule has 0 bridgehead atoms. The maximum absolute atomic E-state index is 12.4. The molecule has 0 unspecified atom stereocenters. The molecule has 10 heteroatoms. The zero-order chi connectivity index (χ0) is 21.5. The van der Waals surface area contributed by atoms with Gasteiger partial charge in [-0.15, -0.1) is 0 Å². The Morgan fingerprint density at radius 3 is 3.10 bits per heavy atom. The highest BCUT2D eigenvalue weighted by Gasteiger charge is 2.22. The van der Waals surface area contributed by atoms with E-state index in [1.165, 1.54) is 0 Å². The SMILES string of the molecule is Cn1nc(-c2cnc3[nH]cc(OC(=O)N[C@@H]4CCC[C@H](N)C4)c3n2)c2ccc(Cl)cc21. The predicted octanol–water partition coefficient (Wildman–Crippen LogP) is 3.52. The fourth-order valence-electron chi connectivity index (χ4n) is 4.14. The summed E-state index contributed by atoms with van der Waals surface area (Å²) in [4.78, 5) is 24.5. The second-order valence-corrected chi connectivity index (χ2v) is 8.33. The first-order valence-electron chi connectivity index (χ1n) is 10.2. The van der Waals surface area contributed by atoms with Crippen molar-refractivity contribution in [3.05, 3.63) is 35.6 Å². The molecule has 0 radical (unpaired) electrons. The molecule has 1 amide bonds. The van der Waals surface area contributed by atoms with Gasteiger partial charge >= 0.3 is 6.09 Å². The number of ether oxygens (including phenoxy) is 1. The highest BCUT2D eigenvalue weighted by molar-refractivity contribution is 6.31. The average Bonchev–Trinajstić information content (AvgIpc) is 3.28. The Morgan fingerprint density at radius 2 is 2.26 bits per heavy atom. The Bertz CT molecular complexity index is 1280. The van der Waals surface area contributed by atoms with E-state index in [4.69, 9.17) is 22.1 Å². The summed E-state index contributed by atoms with van der Waals surface area (Å²) in [6, 6.07) is 5.71. The van der Waals surface area contributed by atoms with Crippen molar-refractivity contribution in [3.8, 4) is 17.1 Å². The normalized spacial score (nSPS) is 19.1. The zero-order valence-electron chi connectivity index (χ0n) is 16.9. The number of nitrogens with zero attached hydrogens (tertiary/aromatic N) is 4. The minimum Gasteiger partial charge on any atom is -0.406 e. The van der Waals surface area contributed by atoms with Gasteiger partial charge in [-0.25, -0.2) is 14.8 Å². The van der Waals surface area contributed by atoms with Crippen molar-refractivity contribution in [3.63, 3.8) is 0 Å². The van der Waals surface area contributed by atoms with E-state index in [0.29, 0.717) is 33.3 Å². The first-order chi connectivity index (χ1) is 15.0. The molecule has 1 aromatic carbocycles. The number of aromatic amines is 1. The summed E-state index contributed by atoms with van der Waals surface area (Å²) in [7, 11) is 1.85. The van der Waals surface area contributed by atoms with Crippen LogP contribution in [0.5, 0.6) is 5.75 Å². The number of fused-ring (bicyclic) bond motifs is 2. The van der Waals surface area contributed by atoms with Crippen LogP contribution in [-0.2, 0) is 7.05 Å². The van der Waals surface area contributed by atoms with Gasteiger partial charge in [-0.3, -0.25) is 4.68 Å². The molecule has 3 heterocycles.